The van der Waals surface area contributed by atoms with Gasteiger partial charge in [0.15, 0.2) is 0 Å². The Morgan fingerprint density at radius 2 is 2.00 bits per heavy atom. The first-order valence-electron chi connectivity index (χ1n) is 6.12. The molecule has 0 bridgehead atoms. The third-order valence-corrected chi connectivity index (χ3v) is 2.84. The van der Waals surface area contributed by atoms with E-state index >= 15 is 0 Å². The number of rotatable bonds is 9. The molecule has 0 aromatic carbocycles. The number of carbonyl (C=O) groups excluding carboxylic acids is 1. The summed E-state index contributed by atoms with van der Waals surface area (Å²) in [6.45, 7) is 5.89. The van der Waals surface area contributed by atoms with Crippen molar-refractivity contribution in [1.82, 2.24) is 10.2 Å². The minimum absolute atomic E-state index is 0.245. The van der Waals surface area contributed by atoms with Crippen LogP contribution in [-0.4, -0.2) is 43.5 Å². The van der Waals surface area contributed by atoms with Crippen LogP contribution in [0.25, 0.3) is 0 Å². The molecule has 0 saturated heterocycles. The van der Waals surface area contributed by atoms with E-state index in [0.29, 0.717) is 0 Å². The van der Waals surface area contributed by atoms with Crippen LogP contribution in [0.3, 0.4) is 0 Å². The highest BCUT2D eigenvalue weighted by Crippen LogP contribution is 2.13. The lowest BCUT2D eigenvalue weighted by Crippen LogP contribution is -2.53. The summed E-state index contributed by atoms with van der Waals surface area (Å²) in [6, 6.07) is 0. The van der Waals surface area contributed by atoms with Crippen LogP contribution < -0.4 is 11.1 Å². The minimum atomic E-state index is -0.539. The molecule has 0 rings (SSSR count). The van der Waals surface area contributed by atoms with E-state index < -0.39 is 5.54 Å². The van der Waals surface area contributed by atoms with Crippen LogP contribution in [0.15, 0.2) is 0 Å². The highest BCUT2D eigenvalue weighted by Gasteiger charge is 2.29. The standard InChI is InChI=1S/C12H27N3O/c1-5-9-14-12(2,11(13)16)8-6-7-10-15(3)4/h14H,5-10H2,1-4H3,(H2,13,16). The number of hydrogen-bond donors (Lipinski definition) is 2. The second-order valence-corrected chi connectivity index (χ2v) is 4.88. The van der Waals surface area contributed by atoms with Crippen LogP contribution in [0.4, 0.5) is 0 Å². The predicted octanol–water partition coefficient (Wildman–Crippen LogP) is 0.962. The van der Waals surface area contributed by atoms with Gasteiger partial charge in [-0.25, -0.2) is 0 Å². The molecule has 0 aliphatic carbocycles. The molecule has 0 heterocycles. The van der Waals surface area contributed by atoms with Crippen LogP contribution in [0.5, 0.6) is 0 Å². The fourth-order valence-corrected chi connectivity index (χ4v) is 1.61. The zero-order valence-corrected chi connectivity index (χ0v) is 11.2. The molecule has 0 aliphatic heterocycles. The zero-order chi connectivity index (χ0) is 12.6. The predicted molar refractivity (Wildman–Crippen MR) is 68.3 cm³/mol. The van der Waals surface area contributed by atoms with Crippen molar-refractivity contribution >= 4 is 5.91 Å². The Labute approximate surface area is 99.6 Å². The molecule has 1 unspecified atom stereocenters. The van der Waals surface area contributed by atoms with Crippen molar-refractivity contribution in [2.45, 2.75) is 45.1 Å². The lowest BCUT2D eigenvalue weighted by molar-refractivity contribution is -0.124. The van der Waals surface area contributed by atoms with Crippen LogP contribution >= 0.6 is 0 Å². The maximum atomic E-state index is 11.4. The summed E-state index contributed by atoms with van der Waals surface area (Å²) < 4.78 is 0. The second kappa shape index (κ2) is 7.63. The number of nitrogens with zero attached hydrogens (tertiary/aromatic N) is 1. The van der Waals surface area contributed by atoms with Gasteiger partial charge in [0.05, 0.1) is 5.54 Å². The molecule has 4 nitrogen and oxygen atoms in total. The Morgan fingerprint density at radius 3 is 2.44 bits per heavy atom. The van der Waals surface area contributed by atoms with E-state index in [0.717, 1.165) is 38.8 Å². The van der Waals surface area contributed by atoms with Gasteiger partial charge in [-0.05, 0) is 59.8 Å². The number of hydrogen-bond acceptors (Lipinski definition) is 3. The van der Waals surface area contributed by atoms with Crippen molar-refractivity contribution in [3.05, 3.63) is 0 Å². The van der Waals surface area contributed by atoms with Gasteiger partial charge in [0.2, 0.25) is 5.91 Å². The highest BCUT2D eigenvalue weighted by molar-refractivity contribution is 5.84. The third kappa shape index (κ3) is 6.08. The lowest BCUT2D eigenvalue weighted by atomic mass is 9.93. The number of carbonyl (C=O) groups is 1. The maximum absolute atomic E-state index is 11.4. The van der Waals surface area contributed by atoms with Crippen molar-refractivity contribution < 1.29 is 4.79 Å². The number of nitrogens with two attached hydrogens (primary N) is 1. The highest BCUT2D eigenvalue weighted by atomic mass is 16.1. The molecule has 0 spiro atoms. The Bertz CT molecular complexity index is 206. The van der Waals surface area contributed by atoms with Crippen molar-refractivity contribution in [1.29, 1.82) is 0 Å². The minimum Gasteiger partial charge on any atom is -0.368 e. The van der Waals surface area contributed by atoms with E-state index in [2.05, 4.69) is 31.2 Å². The van der Waals surface area contributed by atoms with E-state index in [9.17, 15) is 4.79 Å². The van der Waals surface area contributed by atoms with E-state index in [1.54, 1.807) is 0 Å². The van der Waals surface area contributed by atoms with Gasteiger partial charge in [-0.2, -0.15) is 0 Å². The van der Waals surface area contributed by atoms with Crippen LogP contribution in [0.1, 0.15) is 39.5 Å². The molecule has 0 radical (unpaired) electrons. The fourth-order valence-electron chi connectivity index (χ4n) is 1.61. The molecule has 3 N–H and O–H groups in total. The fraction of sp³-hybridized carbons (Fsp3) is 0.917. The molecule has 96 valence electrons. The van der Waals surface area contributed by atoms with Crippen molar-refractivity contribution in [3.8, 4) is 0 Å². The molecule has 16 heavy (non-hydrogen) atoms. The summed E-state index contributed by atoms with van der Waals surface area (Å²) in [5.41, 5.74) is 4.90. The van der Waals surface area contributed by atoms with Gasteiger partial charge in [-0.15, -0.1) is 0 Å². The first kappa shape index (κ1) is 15.4. The first-order valence-corrected chi connectivity index (χ1v) is 6.12. The van der Waals surface area contributed by atoms with Gasteiger partial charge >= 0.3 is 0 Å². The number of nitrogens with one attached hydrogen (secondary N) is 1. The van der Waals surface area contributed by atoms with Gasteiger partial charge in [-0.1, -0.05) is 6.92 Å². The number of amides is 1. The lowest BCUT2D eigenvalue weighted by Gasteiger charge is -2.27. The van der Waals surface area contributed by atoms with Gasteiger partial charge in [0, 0.05) is 0 Å². The topological polar surface area (TPSA) is 58.4 Å². The van der Waals surface area contributed by atoms with Gasteiger partial charge < -0.3 is 16.0 Å². The quantitative estimate of drug-likeness (QED) is 0.579. The molecular weight excluding hydrogens is 202 g/mol. The summed E-state index contributed by atoms with van der Waals surface area (Å²) in [5.74, 6) is -0.245. The molecule has 0 aromatic rings. The number of unbranched alkanes of at least 4 members (excludes halogenated alkanes) is 1. The molecule has 1 amide bonds. The van der Waals surface area contributed by atoms with E-state index in [1.165, 1.54) is 0 Å². The summed E-state index contributed by atoms with van der Waals surface area (Å²) in [7, 11) is 4.12. The van der Waals surface area contributed by atoms with Gasteiger partial charge in [0.1, 0.15) is 0 Å². The van der Waals surface area contributed by atoms with Crippen LogP contribution in [-0.2, 0) is 4.79 Å². The molecule has 0 fully saturated rings. The van der Waals surface area contributed by atoms with Gasteiger partial charge in [-0.3, -0.25) is 4.79 Å². The molecule has 0 aromatic heterocycles. The van der Waals surface area contributed by atoms with Crippen molar-refractivity contribution in [3.63, 3.8) is 0 Å². The zero-order valence-electron chi connectivity index (χ0n) is 11.2. The average Bonchev–Trinajstić information content (AvgIpc) is 2.21. The SMILES string of the molecule is CCCNC(C)(CCCCN(C)C)C(N)=O. The Balaban J connectivity index is 3.98. The van der Waals surface area contributed by atoms with Crippen molar-refractivity contribution in [2.24, 2.45) is 5.73 Å². The molecule has 0 aliphatic rings. The molecule has 0 saturated carbocycles. The normalized spacial score (nSPS) is 15.1. The molecular formula is C12H27N3O. The monoisotopic (exact) mass is 229 g/mol. The summed E-state index contributed by atoms with van der Waals surface area (Å²) in [5, 5.41) is 3.25. The maximum Gasteiger partial charge on any atom is 0.237 e. The summed E-state index contributed by atoms with van der Waals surface area (Å²) >= 11 is 0. The van der Waals surface area contributed by atoms with Crippen molar-refractivity contribution in [2.75, 3.05) is 27.2 Å². The Hall–Kier alpha value is -0.610. The second-order valence-electron chi connectivity index (χ2n) is 4.88. The van der Waals surface area contributed by atoms with E-state index in [-0.39, 0.29) is 5.91 Å². The molecule has 1 atom stereocenters. The van der Waals surface area contributed by atoms with Crippen LogP contribution in [0, 0.1) is 0 Å². The van der Waals surface area contributed by atoms with Gasteiger partial charge in [0.25, 0.3) is 0 Å². The third-order valence-electron chi connectivity index (χ3n) is 2.84. The Morgan fingerprint density at radius 1 is 1.38 bits per heavy atom. The first-order chi connectivity index (χ1) is 7.42. The Kier molecular flexibility index (Phi) is 7.34. The van der Waals surface area contributed by atoms with E-state index in [1.807, 2.05) is 6.92 Å². The average molecular weight is 229 g/mol. The largest absolute Gasteiger partial charge is 0.368 e. The molecule has 4 heteroatoms. The number of primary amides is 1. The summed E-state index contributed by atoms with van der Waals surface area (Å²) in [6.07, 6.45) is 3.95. The van der Waals surface area contributed by atoms with E-state index in [4.69, 9.17) is 5.73 Å². The van der Waals surface area contributed by atoms with Crippen LogP contribution in [0.2, 0.25) is 0 Å². The smallest absolute Gasteiger partial charge is 0.237 e. The summed E-state index contributed by atoms with van der Waals surface area (Å²) in [4.78, 5) is 13.6.